The minimum absolute atomic E-state index is 0.0859. The summed E-state index contributed by atoms with van der Waals surface area (Å²) in [6.45, 7) is -0.0859. The second-order valence-electron chi connectivity index (χ2n) is 6.21. The van der Waals surface area contributed by atoms with Gasteiger partial charge in [0, 0.05) is 36.6 Å². The minimum Gasteiger partial charge on any atom is -0.335 e. The number of imidazole rings is 1. The van der Waals surface area contributed by atoms with Gasteiger partial charge < -0.3 is 14.5 Å². The third-order valence-corrected chi connectivity index (χ3v) is 4.98. The van der Waals surface area contributed by atoms with Crippen LogP contribution in [0, 0.1) is 0 Å². The van der Waals surface area contributed by atoms with Crippen LogP contribution in [0.3, 0.4) is 0 Å². The molecular formula is C18H13Cl2N7O2. The average Bonchev–Trinajstić information content (AvgIpc) is 3.22. The Kier molecular flexibility index (Phi) is 4.99. The van der Waals surface area contributed by atoms with Crippen molar-refractivity contribution in [3.63, 3.8) is 0 Å². The Labute approximate surface area is 174 Å². The number of rotatable bonds is 5. The number of amides is 1. The number of fused-ring (bicyclic) bond motifs is 1. The molecule has 4 rings (SSSR count). The number of nitrogens with one attached hydrogen (secondary N) is 1. The molecule has 0 aromatic carbocycles. The van der Waals surface area contributed by atoms with E-state index in [2.05, 4.69) is 25.3 Å². The van der Waals surface area contributed by atoms with Gasteiger partial charge in [-0.2, -0.15) is 0 Å². The van der Waals surface area contributed by atoms with E-state index in [1.165, 1.54) is 29.6 Å². The minimum atomic E-state index is -0.370. The van der Waals surface area contributed by atoms with Gasteiger partial charge in [0.15, 0.2) is 10.9 Å². The Balaban J connectivity index is 1.56. The lowest BCUT2D eigenvalue weighted by Crippen LogP contribution is -2.18. The van der Waals surface area contributed by atoms with Crippen LogP contribution in [0.1, 0.15) is 15.9 Å². The molecule has 4 aromatic rings. The molecule has 4 aromatic heterocycles. The molecule has 0 radical (unpaired) electrons. The van der Waals surface area contributed by atoms with Crippen LogP contribution in [-0.2, 0) is 18.4 Å². The SMILES string of the molecule is Cn1cc(C(=O)c2cncc(NC(=O)Cn3cnc(Cl)c3Cl)c2)c2cncnc21. The van der Waals surface area contributed by atoms with E-state index >= 15 is 0 Å². The molecule has 4 heterocycles. The van der Waals surface area contributed by atoms with Crippen LogP contribution in [-0.4, -0.2) is 40.8 Å². The van der Waals surface area contributed by atoms with Crippen LogP contribution < -0.4 is 5.32 Å². The first-order valence-corrected chi connectivity index (χ1v) is 9.10. The Morgan fingerprint density at radius 2 is 1.97 bits per heavy atom. The van der Waals surface area contributed by atoms with Crippen LogP contribution >= 0.6 is 23.2 Å². The van der Waals surface area contributed by atoms with Crippen molar-refractivity contribution in [2.45, 2.75) is 6.54 Å². The molecule has 0 fully saturated rings. The molecule has 1 N–H and O–H groups in total. The number of halogens is 2. The van der Waals surface area contributed by atoms with Crippen molar-refractivity contribution >= 4 is 51.6 Å². The topological polar surface area (TPSA) is 108 Å². The van der Waals surface area contributed by atoms with Gasteiger partial charge in [-0.25, -0.2) is 15.0 Å². The van der Waals surface area contributed by atoms with Gasteiger partial charge >= 0.3 is 0 Å². The lowest BCUT2D eigenvalue weighted by molar-refractivity contribution is -0.116. The number of hydrogen-bond acceptors (Lipinski definition) is 6. The second kappa shape index (κ2) is 7.61. The summed E-state index contributed by atoms with van der Waals surface area (Å²) in [6, 6.07) is 1.55. The molecule has 1 amide bonds. The summed E-state index contributed by atoms with van der Waals surface area (Å²) < 4.78 is 3.15. The van der Waals surface area contributed by atoms with E-state index in [4.69, 9.17) is 23.2 Å². The Hall–Kier alpha value is -3.30. The molecule has 0 aliphatic rings. The molecule has 0 aliphatic heterocycles. The zero-order valence-electron chi connectivity index (χ0n) is 15.0. The van der Waals surface area contributed by atoms with Crippen molar-refractivity contribution < 1.29 is 9.59 Å². The normalized spacial score (nSPS) is 11.0. The number of aryl methyl sites for hydroxylation is 1. The van der Waals surface area contributed by atoms with Crippen molar-refractivity contribution in [3.8, 4) is 0 Å². The summed E-state index contributed by atoms with van der Waals surface area (Å²) in [4.78, 5) is 41.3. The molecule has 0 saturated heterocycles. The number of nitrogens with zero attached hydrogens (tertiary/aromatic N) is 6. The van der Waals surface area contributed by atoms with Gasteiger partial charge in [0.05, 0.1) is 23.8 Å². The lowest BCUT2D eigenvalue weighted by Gasteiger charge is -2.07. The fourth-order valence-electron chi connectivity index (χ4n) is 2.90. The number of ketones is 1. The van der Waals surface area contributed by atoms with Crippen molar-refractivity contribution in [1.29, 1.82) is 0 Å². The monoisotopic (exact) mass is 429 g/mol. The van der Waals surface area contributed by atoms with Crippen molar-refractivity contribution in [2.24, 2.45) is 7.05 Å². The van der Waals surface area contributed by atoms with Gasteiger partial charge in [-0.05, 0) is 6.07 Å². The number of carbonyl (C=O) groups excluding carboxylic acids is 2. The van der Waals surface area contributed by atoms with Gasteiger partial charge in [0.25, 0.3) is 0 Å². The van der Waals surface area contributed by atoms with Gasteiger partial charge in [-0.15, -0.1) is 0 Å². The average molecular weight is 430 g/mol. The predicted octanol–water partition coefficient (Wildman–Crippen LogP) is 2.74. The number of pyridine rings is 1. The third-order valence-electron chi connectivity index (χ3n) is 4.21. The van der Waals surface area contributed by atoms with Crippen LogP contribution in [0.5, 0.6) is 0 Å². The van der Waals surface area contributed by atoms with E-state index in [1.807, 2.05) is 0 Å². The van der Waals surface area contributed by atoms with Crippen LogP contribution in [0.15, 0.2) is 43.5 Å². The van der Waals surface area contributed by atoms with Crippen molar-refractivity contribution in [1.82, 2.24) is 29.1 Å². The second-order valence-corrected chi connectivity index (χ2v) is 6.92. The maximum absolute atomic E-state index is 13.0. The van der Waals surface area contributed by atoms with Crippen molar-refractivity contribution in [3.05, 3.63) is 64.9 Å². The predicted molar refractivity (Wildman–Crippen MR) is 107 cm³/mol. The van der Waals surface area contributed by atoms with Gasteiger partial charge in [0.1, 0.15) is 23.7 Å². The number of aromatic nitrogens is 6. The molecule has 146 valence electrons. The molecule has 0 unspecified atom stereocenters. The highest BCUT2D eigenvalue weighted by atomic mass is 35.5. The summed E-state index contributed by atoms with van der Waals surface area (Å²) in [5.41, 5.74) is 1.80. The van der Waals surface area contributed by atoms with E-state index in [-0.39, 0.29) is 28.5 Å². The van der Waals surface area contributed by atoms with Crippen LogP contribution in [0.25, 0.3) is 11.0 Å². The Morgan fingerprint density at radius 3 is 2.72 bits per heavy atom. The fraction of sp³-hybridized carbons (Fsp3) is 0.111. The summed E-state index contributed by atoms with van der Waals surface area (Å²) in [5, 5.41) is 3.61. The highest BCUT2D eigenvalue weighted by Crippen LogP contribution is 2.22. The van der Waals surface area contributed by atoms with Crippen LogP contribution in [0.4, 0.5) is 5.69 Å². The number of hydrogen-bond donors (Lipinski definition) is 1. The highest BCUT2D eigenvalue weighted by molar-refractivity contribution is 6.40. The molecule has 11 heteroatoms. The molecule has 0 bridgehead atoms. The maximum atomic E-state index is 13.0. The van der Waals surface area contributed by atoms with E-state index in [0.29, 0.717) is 27.8 Å². The third kappa shape index (κ3) is 3.69. The first-order valence-electron chi connectivity index (χ1n) is 8.35. The highest BCUT2D eigenvalue weighted by Gasteiger charge is 2.18. The van der Waals surface area contributed by atoms with E-state index < -0.39 is 0 Å². The van der Waals surface area contributed by atoms with E-state index in [9.17, 15) is 9.59 Å². The Morgan fingerprint density at radius 1 is 1.14 bits per heavy atom. The standard InChI is InChI=1S/C18H13Cl2N7O2/c1-26-6-13(12-5-22-8-23-18(12)26)15(29)10-2-11(4-21-3-10)25-14(28)7-27-9-24-16(19)17(27)20/h2-6,8-9H,7H2,1H3,(H,25,28). The summed E-state index contributed by atoms with van der Waals surface area (Å²) in [7, 11) is 1.80. The molecular weight excluding hydrogens is 417 g/mol. The summed E-state index contributed by atoms with van der Waals surface area (Å²) in [5.74, 6) is -0.621. The smallest absolute Gasteiger partial charge is 0.244 e. The van der Waals surface area contributed by atoms with Gasteiger partial charge in [0.2, 0.25) is 5.91 Å². The number of anilines is 1. The molecule has 0 aliphatic carbocycles. The first-order chi connectivity index (χ1) is 13.9. The van der Waals surface area contributed by atoms with E-state index in [0.717, 1.165) is 0 Å². The molecule has 0 saturated carbocycles. The first kappa shape index (κ1) is 19.0. The summed E-state index contributed by atoms with van der Waals surface area (Å²) >= 11 is 11.7. The zero-order chi connectivity index (χ0) is 20.5. The maximum Gasteiger partial charge on any atom is 0.244 e. The van der Waals surface area contributed by atoms with Crippen molar-refractivity contribution in [2.75, 3.05) is 5.32 Å². The molecule has 0 spiro atoms. The molecule has 0 atom stereocenters. The zero-order valence-corrected chi connectivity index (χ0v) is 16.5. The van der Waals surface area contributed by atoms with Gasteiger partial charge in [-0.1, -0.05) is 23.2 Å². The van der Waals surface area contributed by atoms with Crippen LogP contribution in [0.2, 0.25) is 10.3 Å². The number of carbonyl (C=O) groups is 2. The molecule has 9 nitrogen and oxygen atoms in total. The van der Waals surface area contributed by atoms with E-state index in [1.54, 1.807) is 30.1 Å². The fourth-order valence-corrected chi connectivity index (χ4v) is 3.20. The van der Waals surface area contributed by atoms with Gasteiger partial charge in [-0.3, -0.25) is 14.6 Å². The Bertz CT molecular complexity index is 1250. The molecule has 29 heavy (non-hydrogen) atoms. The summed E-state index contributed by atoms with van der Waals surface area (Å²) in [6.07, 6.45) is 8.96. The largest absolute Gasteiger partial charge is 0.335 e. The quantitative estimate of drug-likeness (QED) is 0.488. The lowest BCUT2D eigenvalue weighted by atomic mass is 10.1.